The molecule has 0 aliphatic rings. The minimum Gasteiger partial charge on any atom is -0.0651 e. The first-order chi connectivity index (χ1) is 4.66. The summed E-state index contributed by atoms with van der Waals surface area (Å²) in [5, 5.41) is 0. The third-order valence-electron chi connectivity index (χ3n) is 1.90. The van der Waals surface area contributed by atoms with Crippen LogP contribution in [-0.2, 0) is 0 Å². The van der Waals surface area contributed by atoms with Crippen molar-refractivity contribution < 1.29 is 0 Å². The van der Waals surface area contributed by atoms with E-state index in [2.05, 4.69) is 34.1 Å². The minimum atomic E-state index is 0.837. The van der Waals surface area contributed by atoms with Gasteiger partial charge in [-0.3, -0.25) is 0 Å². The molecule has 0 fully saturated rings. The molecule has 10 heavy (non-hydrogen) atoms. The summed E-state index contributed by atoms with van der Waals surface area (Å²) < 4.78 is 0. The molecular weight excluding hydrogens is 120 g/mol. The molecule has 0 nitrogen and oxygen atoms in total. The van der Waals surface area contributed by atoms with Gasteiger partial charge in [0.05, 0.1) is 0 Å². The fourth-order valence-electron chi connectivity index (χ4n) is 0.881. The predicted octanol–water partition coefficient (Wildman–Crippen LogP) is 3.67. The molecule has 0 heteroatoms. The molecule has 0 heterocycles. The van der Waals surface area contributed by atoms with Gasteiger partial charge in [0.2, 0.25) is 0 Å². The van der Waals surface area contributed by atoms with Gasteiger partial charge in [-0.25, -0.2) is 0 Å². The van der Waals surface area contributed by atoms with Crippen molar-refractivity contribution in [2.45, 2.75) is 47.0 Å². The quantitative estimate of drug-likeness (QED) is 0.548. The van der Waals surface area contributed by atoms with Gasteiger partial charge >= 0.3 is 0 Å². The van der Waals surface area contributed by atoms with Crippen molar-refractivity contribution in [1.29, 1.82) is 0 Å². The van der Waals surface area contributed by atoms with Crippen molar-refractivity contribution in [1.82, 2.24) is 0 Å². The second-order valence-corrected chi connectivity index (χ2v) is 3.67. The van der Waals surface area contributed by atoms with Gasteiger partial charge in [-0.2, -0.15) is 0 Å². The van der Waals surface area contributed by atoms with E-state index in [1.807, 2.05) is 0 Å². The Kier molecular flexibility index (Phi) is 5.76. The maximum Gasteiger partial charge on any atom is -0.0381 e. The van der Waals surface area contributed by atoms with Crippen LogP contribution in [0.3, 0.4) is 0 Å². The van der Waals surface area contributed by atoms with Crippen LogP contribution in [0.5, 0.6) is 0 Å². The molecule has 1 unspecified atom stereocenters. The van der Waals surface area contributed by atoms with Crippen LogP contribution < -0.4 is 0 Å². The van der Waals surface area contributed by atoms with Crippen molar-refractivity contribution in [2.75, 3.05) is 0 Å². The zero-order chi connectivity index (χ0) is 7.98. The zero-order valence-electron chi connectivity index (χ0n) is 7.85. The minimum absolute atomic E-state index is 0.837. The van der Waals surface area contributed by atoms with Gasteiger partial charge in [0, 0.05) is 0 Å². The van der Waals surface area contributed by atoms with Crippen molar-refractivity contribution in [3.63, 3.8) is 0 Å². The summed E-state index contributed by atoms with van der Waals surface area (Å²) in [6, 6.07) is 0. The van der Waals surface area contributed by atoms with Gasteiger partial charge in [0.15, 0.2) is 0 Å². The molecule has 0 aliphatic carbocycles. The Morgan fingerprint density at radius 3 is 2.10 bits per heavy atom. The molecule has 0 aliphatic heterocycles. The Labute approximate surface area is 66.0 Å². The normalized spacial score (nSPS) is 14.1. The maximum absolute atomic E-state index is 2.43. The van der Waals surface area contributed by atoms with Crippen LogP contribution in [-0.4, -0.2) is 0 Å². The molecule has 0 N–H and O–H groups in total. The molecule has 1 radical (unpaired) electrons. The third-order valence-corrected chi connectivity index (χ3v) is 1.90. The Balaban J connectivity index is 3.03. The molecule has 0 bridgehead atoms. The van der Waals surface area contributed by atoms with Crippen LogP contribution >= 0.6 is 0 Å². The van der Waals surface area contributed by atoms with E-state index in [9.17, 15) is 0 Å². The molecule has 0 saturated heterocycles. The average molecular weight is 141 g/mol. The first-order valence-corrected chi connectivity index (χ1v) is 4.48. The average Bonchev–Trinajstić information content (AvgIpc) is 1.87. The van der Waals surface area contributed by atoms with Gasteiger partial charge in [0.25, 0.3) is 0 Å². The van der Waals surface area contributed by atoms with Gasteiger partial charge in [-0.15, -0.1) is 0 Å². The summed E-state index contributed by atoms with van der Waals surface area (Å²) in [5.74, 6) is 1.72. The molecule has 1 atom stereocenters. The van der Waals surface area contributed by atoms with Crippen molar-refractivity contribution in [3.8, 4) is 0 Å². The van der Waals surface area contributed by atoms with Crippen molar-refractivity contribution in [3.05, 3.63) is 6.42 Å². The largest absolute Gasteiger partial charge is 0.0651 e. The van der Waals surface area contributed by atoms with Gasteiger partial charge in [-0.1, -0.05) is 34.1 Å². The summed E-state index contributed by atoms with van der Waals surface area (Å²) in [4.78, 5) is 0. The summed E-state index contributed by atoms with van der Waals surface area (Å²) >= 11 is 0. The Morgan fingerprint density at radius 2 is 1.70 bits per heavy atom. The summed E-state index contributed by atoms with van der Waals surface area (Å²) in [6.45, 7) is 9.12. The van der Waals surface area contributed by atoms with E-state index in [0.717, 1.165) is 11.8 Å². The van der Waals surface area contributed by atoms with Crippen molar-refractivity contribution in [2.24, 2.45) is 11.8 Å². The highest BCUT2D eigenvalue weighted by Crippen LogP contribution is 2.13. The molecule has 0 aromatic heterocycles. The molecule has 0 saturated carbocycles. The van der Waals surface area contributed by atoms with E-state index in [1.54, 1.807) is 0 Å². The van der Waals surface area contributed by atoms with Crippen LogP contribution in [0.1, 0.15) is 47.0 Å². The fourth-order valence-corrected chi connectivity index (χ4v) is 0.881. The van der Waals surface area contributed by atoms with Crippen LogP contribution in [0, 0.1) is 18.3 Å². The maximum atomic E-state index is 2.43. The Bertz CT molecular complexity index is 64.4. The van der Waals surface area contributed by atoms with Gasteiger partial charge in [-0.05, 0) is 31.1 Å². The fraction of sp³-hybridized carbons (Fsp3) is 0.900. The summed E-state index contributed by atoms with van der Waals surface area (Å²) in [6.07, 6.45) is 6.33. The van der Waals surface area contributed by atoms with Crippen molar-refractivity contribution >= 4 is 0 Å². The summed E-state index contributed by atoms with van der Waals surface area (Å²) in [7, 11) is 0. The standard InChI is InChI=1S/C10H21/c1-5-10(4)8-6-7-9(2)3/h6,9-10H,5,7-8H2,1-4H3. The first kappa shape index (κ1) is 10.0. The molecule has 0 aromatic carbocycles. The van der Waals surface area contributed by atoms with Gasteiger partial charge < -0.3 is 0 Å². The third kappa shape index (κ3) is 6.12. The Morgan fingerprint density at radius 1 is 1.10 bits per heavy atom. The second-order valence-electron chi connectivity index (χ2n) is 3.67. The number of hydrogen-bond donors (Lipinski definition) is 0. The molecular formula is C10H21. The van der Waals surface area contributed by atoms with E-state index < -0.39 is 0 Å². The lowest BCUT2D eigenvalue weighted by Gasteiger charge is -2.08. The SMILES string of the molecule is CCC(C)C[CH]CC(C)C. The van der Waals surface area contributed by atoms with E-state index in [4.69, 9.17) is 0 Å². The smallest absolute Gasteiger partial charge is 0.0381 e. The lowest BCUT2D eigenvalue weighted by atomic mass is 9.98. The predicted molar refractivity (Wildman–Crippen MR) is 47.8 cm³/mol. The topological polar surface area (TPSA) is 0 Å². The lowest BCUT2D eigenvalue weighted by Crippen LogP contribution is -1.94. The van der Waals surface area contributed by atoms with E-state index in [1.165, 1.54) is 19.3 Å². The van der Waals surface area contributed by atoms with E-state index in [-0.39, 0.29) is 0 Å². The van der Waals surface area contributed by atoms with Crippen LogP contribution in [0.25, 0.3) is 0 Å². The highest BCUT2D eigenvalue weighted by Gasteiger charge is 1.99. The monoisotopic (exact) mass is 141 g/mol. The number of hydrogen-bond acceptors (Lipinski definition) is 0. The van der Waals surface area contributed by atoms with E-state index >= 15 is 0 Å². The highest BCUT2D eigenvalue weighted by atomic mass is 14.0. The summed E-state index contributed by atoms with van der Waals surface area (Å²) in [5.41, 5.74) is 0. The molecule has 0 spiro atoms. The molecule has 0 aromatic rings. The second kappa shape index (κ2) is 5.76. The molecule has 0 amide bonds. The first-order valence-electron chi connectivity index (χ1n) is 4.48. The molecule has 0 rings (SSSR count). The van der Waals surface area contributed by atoms with Crippen LogP contribution in [0.15, 0.2) is 0 Å². The van der Waals surface area contributed by atoms with Crippen LogP contribution in [0.2, 0.25) is 0 Å². The van der Waals surface area contributed by atoms with E-state index in [0.29, 0.717) is 0 Å². The lowest BCUT2D eigenvalue weighted by molar-refractivity contribution is 0.519. The zero-order valence-corrected chi connectivity index (χ0v) is 7.85. The van der Waals surface area contributed by atoms with Gasteiger partial charge in [0.1, 0.15) is 0 Å². The Hall–Kier alpha value is 0. The molecule has 61 valence electrons. The number of rotatable bonds is 5. The van der Waals surface area contributed by atoms with Crippen LogP contribution in [0.4, 0.5) is 0 Å². The highest BCUT2D eigenvalue weighted by molar-refractivity contribution is 4.69.